The summed E-state index contributed by atoms with van der Waals surface area (Å²) in [6.45, 7) is 2.97. The molecule has 0 aromatic heterocycles. The van der Waals surface area contributed by atoms with Crippen LogP contribution >= 0.6 is 15.9 Å². The topological polar surface area (TPSA) is 67.8 Å². The molecule has 116 valence electrons. The lowest BCUT2D eigenvalue weighted by Gasteiger charge is -2.23. The summed E-state index contributed by atoms with van der Waals surface area (Å²) in [5.74, 6) is 0.361. The van der Waals surface area contributed by atoms with Gasteiger partial charge in [0.25, 0.3) is 5.91 Å². The Morgan fingerprint density at radius 2 is 2.24 bits per heavy atom. The number of hydrogen-bond acceptors (Lipinski definition) is 4. The van der Waals surface area contributed by atoms with Gasteiger partial charge in [-0.25, -0.2) is 0 Å². The van der Waals surface area contributed by atoms with E-state index in [4.69, 9.17) is 9.47 Å². The second-order valence-corrected chi connectivity index (χ2v) is 6.02. The highest BCUT2D eigenvalue weighted by atomic mass is 79.9. The van der Waals surface area contributed by atoms with Crippen LogP contribution in [0.25, 0.3) is 0 Å². The smallest absolute Gasteiger partial charge is 0.258 e. The van der Waals surface area contributed by atoms with Crippen LogP contribution in [0.1, 0.15) is 31.4 Å². The number of hydrogen-bond donors (Lipinski definition) is 2. The predicted molar refractivity (Wildman–Crippen MR) is 82.3 cm³/mol. The average Bonchev–Trinajstić information content (AvgIpc) is 2.46. The summed E-state index contributed by atoms with van der Waals surface area (Å²) in [5, 5.41) is 12.6. The van der Waals surface area contributed by atoms with Crippen LogP contribution in [-0.2, 0) is 9.53 Å². The van der Waals surface area contributed by atoms with Gasteiger partial charge in [-0.15, -0.1) is 0 Å². The van der Waals surface area contributed by atoms with Gasteiger partial charge < -0.3 is 19.9 Å². The van der Waals surface area contributed by atoms with Crippen LogP contribution < -0.4 is 10.1 Å². The maximum absolute atomic E-state index is 11.9. The number of halogens is 1. The first-order valence-corrected chi connectivity index (χ1v) is 7.83. The molecular weight excluding hydrogens is 338 g/mol. The number of aliphatic hydroxyl groups excluding tert-OH is 1. The molecule has 2 rings (SSSR count). The Hall–Kier alpha value is -1.11. The van der Waals surface area contributed by atoms with E-state index in [0.29, 0.717) is 24.5 Å². The molecule has 1 aliphatic heterocycles. The van der Waals surface area contributed by atoms with Crippen molar-refractivity contribution in [3.05, 3.63) is 28.2 Å². The third-order valence-corrected chi connectivity index (χ3v) is 3.86. The van der Waals surface area contributed by atoms with Gasteiger partial charge in [0, 0.05) is 29.3 Å². The molecule has 0 spiro atoms. The molecule has 2 N–H and O–H groups in total. The summed E-state index contributed by atoms with van der Waals surface area (Å²) < 4.78 is 11.6. The van der Waals surface area contributed by atoms with E-state index < -0.39 is 6.10 Å². The average molecular weight is 358 g/mol. The molecule has 0 radical (unpaired) electrons. The molecule has 5 nitrogen and oxygen atoms in total. The fourth-order valence-corrected chi connectivity index (χ4v) is 2.57. The maximum atomic E-state index is 11.9. The Morgan fingerprint density at radius 3 is 2.90 bits per heavy atom. The number of carbonyl (C=O) groups excluding carboxylic acids is 1. The summed E-state index contributed by atoms with van der Waals surface area (Å²) in [5.41, 5.74) is 0.664. The molecule has 6 heteroatoms. The van der Waals surface area contributed by atoms with Crippen LogP contribution in [0.15, 0.2) is 22.7 Å². The van der Waals surface area contributed by atoms with E-state index in [9.17, 15) is 9.90 Å². The SMILES string of the molecule is CC(O)c1ccc(Br)cc1OCC(=O)NC1CCOCC1. The molecule has 0 aliphatic carbocycles. The first-order valence-electron chi connectivity index (χ1n) is 7.03. The van der Waals surface area contributed by atoms with Gasteiger partial charge in [-0.05, 0) is 31.9 Å². The summed E-state index contributed by atoms with van der Waals surface area (Å²) in [7, 11) is 0. The zero-order valence-corrected chi connectivity index (χ0v) is 13.6. The molecular formula is C15H20BrNO4. The van der Waals surface area contributed by atoms with Gasteiger partial charge in [-0.3, -0.25) is 4.79 Å². The minimum Gasteiger partial charge on any atom is -0.483 e. The molecule has 0 bridgehead atoms. The van der Waals surface area contributed by atoms with Crippen LogP contribution in [0.4, 0.5) is 0 Å². The van der Waals surface area contributed by atoms with Crippen LogP contribution in [0.2, 0.25) is 0 Å². The maximum Gasteiger partial charge on any atom is 0.258 e. The van der Waals surface area contributed by atoms with Crippen molar-refractivity contribution >= 4 is 21.8 Å². The zero-order valence-electron chi connectivity index (χ0n) is 12.0. The van der Waals surface area contributed by atoms with Crippen molar-refractivity contribution in [1.82, 2.24) is 5.32 Å². The van der Waals surface area contributed by atoms with Gasteiger partial charge in [0.1, 0.15) is 5.75 Å². The molecule has 1 aliphatic rings. The van der Waals surface area contributed by atoms with E-state index in [-0.39, 0.29) is 18.6 Å². The number of amides is 1. The van der Waals surface area contributed by atoms with Crippen LogP contribution in [0.3, 0.4) is 0 Å². The van der Waals surface area contributed by atoms with E-state index in [1.807, 2.05) is 6.07 Å². The van der Waals surface area contributed by atoms with E-state index >= 15 is 0 Å². The molecule has 1 atom stereocenters. The first kappa shape index (κ1) is 16.3. The Morgan fingerprint density at radius 1 is 1.52 bits per heavy atom. The number of carbonyl (C=O) groups is 1. The van der Waals surface area contributed by atoms with Gasteiger partial charge in [-0.1, -0.05) is 22.0 Å². The zero-order chi connectivity index (χ0) is 15.2. The summed E-state index contributed by atoms with van der Waals surface area (Å²) in [6.07, 6.45) is 1.02. The lowest BCUT2D eigenvalue weighted by molar-refractivity contribution is -0.124. The fourth-order valence-electron chi connectivity index (χ4n) is 2.23. The van der Waals surface area contributed by atoms with Crippen molar-refractivity contribution in [3.8, 4) is 5.75 Å². The van der Waals surface area contributed by atoms with Gasteiger partial charge in [0.15, 0.2) is 6.61 Å². The Kier molecular flexibility index (Phi) is 6.02. The summed E-state index contributed by atoms with van der Waals surface area (Å²) in [4.78, 5) is 11.9. The van der Waals surface area contributed by atoms with E-state index in [2.05, 4.69) is 21.2 Å². The Labute approximate surface area is 132 Å². The second kappa shape index (κ2) is 7.77. The highest BCUT2D eigenvalue weighted by molar-refractivity contribution is 9.10. The molecule has 1 amide bonds. The normalized spacial score (nSPS) is 17.3. The van der Waals surface area contributed by atoms with Gasteiger partial charge in [-0.2, -0.15) is 0 Å². The number of nitrogens with one attached hydrogen (secondary N) is 1. The van der Waals surface area contributed by atoms with Crippen LogP contribution in [0, 0.1) is 0 Å². The molecule has 1 unspecified atom stereocenters. The third-order valence-electron chi connectivity index (χ3n) is 3.37. The predicted octanol–water partition coefficient (Wildman–Crippen LogP) is 2.18. The van der Waals surface area contributed by atoms with Crippen molar-refractivity contribution < 1.29 is 19.4 Å². The summed E-state index contributed by atoms with van der Waals surface area (Å²) >= 11 is 3.36. The molecule has 21 heavy (non-hydrogen) atoms. The monoisotopic (exact) mass is 357 g/mol. The molecule has 1 aromatic carbocycles. The van der Waals surface area contributed by atoms with E-state index in [1.165, 1.54) is 0 Å². The van der Waals surface area contributed by atoms with Crippen LogP contribution in [-0.4, -0.2) is 36.9 Å². The lowest BCUT2D eigenvalue weighted by atomic mass is 10.1. The highest BCUT2D eigenvalue weighted by Crippen LogP contribution is 2.28. The molecule has 0 saturated carbocycles. The van der Waals surface area contributed by atoms with Gasteiger partial charge in [0.2, 0.25) is 0 Å². The Balaban J connectivity index is 1.89. The minimum absolute atomic E-state index is 0.0620. The van der Waals surface area contributed by atoms with Crippen molar-refractivity contribution in [3.63, 3.8) is 0 Å². The van der Waals surface area contributed by atoms with Gasteiger partial charge >= 0.3 is 0 Å². The van der Waals surface area contributed by atoms with Crippen molar-refractivity contribution in [2.75, 3.05) is 19.8 Å². The molecule has 1 saturated heterocycles. The third kappa shape index (κ3) is 4.98. The molecule has 1 aromatic rings. The standard InChI is InChI=1S/C15H20BrNO4/c1-10(18)13-3-2-11(16)8-14(13)21-9-15(19)17-12-4-6-20-7-5-12/h2-3,8,10,12,18H,4-7,9H2,1H3,(H,17,19). The number of rotatable bonds is 5. The Bertz CT molecular complexity index is 487. The van der Waals surface area contributed by atoms with Crippen molar-refractivity contribution in [2.45, 2.75) is 31.9 Å². The largest absolute Gasteiger partial charge is 0.483 e. The first-order chi connectivity index (χ1) is 10.1. The van der Waals surface area contributed by atoms with Gasteiger partial charge in [0.05, 0.1) is 6.10 Å². The fraction of sp³-hybridized carbons (Fsp3) is 0.533. The molecule has 1 heterocycles. The minimum atomic E-state index is -0.647. The molecule has 1 fully saturated rings. The van der Waals surface area contributed by atoms with Crippen molar-refractivity contribution in [1.29, 1.82) is 0 Å². The van der Waals surface area contributed by atoms with E-state index in [0.717, 1.165) is 17.3 Å². The highest BCUT2D eigenvalue weighted by Gasteiger charge is 2.17. The van der Waals surface area contributed by atoms with Crippen molar-refractivity contribution in [2.24, 2.45) is 0 Å². The number of aliphatic hydroxyl groups is 1. The van der Waals surface area contributed by atoms with E-state index in [1.54, 1.807) is 19.1 Å². The quantitative estimate of drug-likeness (QED) is 0.847. The number of ether oxygens (including phenoxy) is 2. The lowest BCUT2D eigenvalue weighted by Crippen LogP contribution is -2.41. The van der Waals surface area contributed by atoms with Crippen LogP contribution in [0.5, 0.6) is 5.75 Å². The number of benzene rings is 1. The second-order valence-electron chi connectivity index (χ2n) is 5.10. The summed E-state index contributed by atoms with van der Waals surface area (Å²) in [6, 6.07) is 5.52.